The summed E-state index contributed by atoms with van der Waals surface area (Å²) in [7, 11) is 0. The van der Waals surface area contributed by atoms with E-state index in [1.54, 1.807) is 29.2 Å². The molecule has 0 aliphatic carbocycles. The fourth-order valence-electron chi connectivity index (χ4n) is 5.94. The highest BCUT2D eigenvalue weighted by Gasteiger charge is 2.34. The third-order valence-corrected chi connectivity index (χ3v) is 8.49. The summed E-state index contributed by atoms with van der Waals surface area (Å²) < 4.78 is 0. The van der Waals surface area contributed by atoms with Gasteiger partial charge in [-0.15, -0.1) is 0 Å². The van der Waals surface area contributed by atoms with Crippen LogP contribution in [0.4, 0.5) is 0 Å². The molecular formula is C37H41N5O4. The minimum absolute atomic E-state index is 0.152. The van der Waals surface area contributed by atoms with Gasteiger partial charge >= 0.3 is 0 Å². The maximum absolute atomic E-state index is 13.8. The van der Waals surface area contributed by atoms with E-state index in [4.69, 9.17) is 11.5 Å². The molecule has 4 aromatic carbocycles. The van der Waals surface area contributed by atoms with Crippen LogP contribution in [-0.2, 0) is 46.6 Å². The molecule has 7 N–H and O–H groups in total. The van der Waals surface area contributed by atoms with Gasteiger partial charge in [0, 0.05) is 25.6 Å². The standard InChI is InChI=1S/C37H41N5O4/c38-32(19-27-15-17-31(43)18-16-27)37(46)42-24-29-14-8-7-13-28(29)22-30(42)23-40-34(21-26-11-5-2-6-12-26)36(45)41-33(35(39)44)20-25-9-3-1-4-10-25/h1-18,30,32-34,40,43H,19-24,38H2,(H2,39,44)(H,41,45)/t30?,32-,33-,34-/m0/s1. The number of hydrogen-bond donors (Lipinski definition) is 5. The second-order valence-electron chi connectivity index (χ2n) is 11.9. The first-order valence-electron chi connectivity index (χ1n) is 15.6. The predicted molar refractivity (Wildman–Crippen MR) is 177 cm³/mol. The van der Waals surface area contributed by atoms with Gasteiger partial charge in [0.2, 0.25) is 17.7 Å². The van der Waals surface area contributed by atoms with Crippen LogP contribution >= 0.6 is 0 Å². The molecular weight excluding hydrogens is 578 g/mol. The lowest BCUT2D eigenvalue weighted by molar-refractivity contribution is -0.136. The lowest BCUT2D eigenvalue weighted by atomic mass is 9.92. The molecule has 0 bridgehead atoms. The van der Waals surface area contributed by atoms with Crippen LogP contribution < -0.4 is 22.1 Å². The Hall–Kier alpha value is -4.99. The largest absolute Gasteiger partial charge is 0.508 e. The van der Waals surface area contributed by atoms with E-state index >= 15 is 0 Å². The van der Waals surface area contributed by atoms with Crippen molar-refractivity contribution in [1.82, 2.24) is 15.5 Å². The minimum Gasteiger partial charge on any atom is -0.508 e. The van der Waals surface area contributed by atoms with Crippen LogP contribution in [0.2, 0.25) is 0 Å². The van der Waals surface area contributed by atoms with Gasteiger partial charge in [0.15, 0.2) is 0 Å². The van der Waals surface area contributed by atoms with Crippen molar-refractivity contribution in [2.75, 3.05) is 6.54 Å². The van der Waals surface area contributed by atoms with E-state index in [-0.39, 0.29) is 30.0 Å². The van der Waals surface area contributed by atoms with Crippen LogP contribution in [0.3, 0.4) is 0 Å². The number of amides is 3. The molecule has 3 amide bonds. The summed E-state index contributed by atoms with van der Waals surface area (Å²) in [5.74, 6) is -0.991. The fourth-order valence-corrected chi connectivity index (χ4v) is 5.94. The number of primary amides is 1. The Labute approximate surface area is 269 Å². The van der Waals surface area contributed by atoms with Crippen molar-refractivity contribution in [2.24, 2.45) is 11.5 Å². The van der Waals surface area contributed by atoms with E-state index in [1.165, 1.54) is 0 Å². The first-order chi connectivity index (χ1) is 22.3. The van der Waals surface area contributed by atoms with Gasteiger partial charge < -0.3 is 32.1 Å². The Morgan fingerprint density at radius 3 is 1.89 bits per heavy atom. The summed E-state index contributed by atoms with van der Waals surface area (Å²) in [5.41, 5.74) is 17.1. The van der Waals surface area contributed by atoms with Gasteiger partial charge in [0.25, 0.3) is 0 Å². The first-order valence-corrected chi connectivity index (χ1v) is 15.6. The topological polar surface area (TPSA) is 151 Å². The number of fused-ring (bicyclic) bond motifs is 1. The normalized spacial score (nSPS) is 16.1. The molecule has 238 valence electrons. The Morgan fingerprint density at radius 1 is 0.739 bits per heavy atom. The quantitative estimate of drug-likeness (QED) is 0.155. The average molecular weight is 620 g/mol. The summed E-state index contributed by atoms with van der Waals surface area (Å²) in [4.78, 5) is 41.8. The number of phenolic OH excluding ortho intramolecular Hbond substituents is 1. The predicted octanol–water partition coefficient (Wildman–Crippen LogP) is 2.63. The molecule has 0 radical (unpaired) electrons. The number of aromatic hydroxyl groups is 1. The highest BCUT2D eigenvalue weighted by molar-refractivity contribution is 5.89. The molecule has 1 aliphatic heterocycles. The molecule has 0 saturated carbocycles. The highest BCUT2D eigenvalue weighted by atomic mass is 16.3. The van der Waals surface area contributed by atoms with Crippen molar-refractivity contribution < 1.29 is 19.5 Å². The number of rotatable bonds is 13. The van der Waals surface area contributed by atoms with Crippen LogP contribution in [0.15, 0.2) is 109 Å². The summed E-state index contributed by atoms with van der Waals surface area (Å²) in [5, 5.41) is 16.0. The van der Waals surface area contributed by atoms with E-state index < -0.39 is 24.0 Å². The zero-order chi connectivity index (χ0) is 32.5. The van der Waals surface area contributed by atoms with E-state index in [9.17, 15) is 19.5 Å². The SMILES string of the molecule is NC(=O)[C@H](Cc1ccccc1)NC(=O)[C@H](Cc1ccccc1)NCC1Cc2ccccc2CN1C(=O)[C@@H](N)Cc1ccc(O)cc1. The smallest absolute Gasteiger partial charge is 0.240 e. The molecule has 0 spiro atoms. The van der Waals surface area contributed by atoms with Crippen molar-refractivity contribution in [3.8, 4) is 5.75 Å². The first kappa shape index (κ1) is 32.4. The molecule has 5 rings (SSSR count). The molecule has 0 aromatic heterocycles. The molecule has 4 atom stereocenters. The van der Waals surface area contributed by atoms with Crippen molar-refractivity contribution >= 4 is 17.7 Å². The number of nitrogens with two attached hydrogens (primary N) is 2. The second-order valence-corrected chi connectivity index (χ2v) is 11.9. The monoisotopic (exact) mass is 619 g/mol. The van der Waals surface area contributed by atoms with Gasteiger partial charge in [-0.2, -0.15) is 0 Å². The van der Waals surface area contributed by atoms with Crippen molar-refractivity contribution in [3.05, 3.63) is 137 Å². The van der Waals surface area contributed by atoms with Crippen LogP contribution in [-0.4, -0.2) is 58.4 Å². The van der Waals surface area contributed by atoms with Crippen molar-refractivity contribution in [1.29, 1.82) is 0 Å². The van der Waals surface area contributed by atoms with Crippen molar-refractivity contribution in [2.45, 2.75) is 56.4 Å². The number of nitrogens with zero attached hydrogens (tertiary/aromatic N) is 1. The summed E-state index contributed by atoms with van der Waals surface area (Å²) in [6, 6.07) is 31.2. The van der Waals surface area contributed by atoms with Gasteiger partial charge in [-0.25, -0.2) is 0 Å². The third-order valence-electron chi connectivity index (χ3n) is 8.49. The van der Waals surface area contributed by atoms with Crippen molar-refractivity contribution in [3.63, 3.8) is 0 Å². The van der Waals surface area contributed by atoms with Gasteiger partial charge in [-0.05, 0) is 59.2 Å². The molecule has 9 heteroatoms. The molecule has 0 saturated heterocycles. The number of carbonyl (C=O) groups is 3. The molecule has 4 aromatic rings. The zero-order valence-corrected chi connectivity index (χ0v) is 25.7. The Bertz CT molecular complexity index is 1610. The van der Waals surface area contributed by atoms with Crippen LogP contribution in [0, 0.1) is 0 Å². The van der Waals surface area contributed by atoms with Crippen LogP contribution in [0.5, 0.6) is 5.75 Å². The molecule has 1 heterocycles. The number of benzene rings is 4. The zero-order valence-electron chi connectivity index (χ0n) is 25.7. The summed E-state index contributed by atoms with van der Waals surface area (Å²) in [6.07, 6.45) is 1.58. The molecule has 46 heavy (non-hydrogen) atoms. The Balaban J connectivity index is 1.34. The van der Waals surface area contributed by atoms with E-state index in [0.717, 1.165) is 27.8 Å². The number of nitrogens with one attached hydrogen (secondary N) is 2. The number of phenols is 1. The average Bonchev–Trinajstić information content (AvgIpc) is 3.07. The minimum atomic E-state index is -0.882. The maximum atomic E-state index is 13.8. The highest BCUT2D eigenvalue weighted by Crippen LogP contribution is 2.24. The second kappa shape index (κ2) is 15.3. The van der Waals surface area contributed by atoms with E-state index in [2.05, 4.69) is 16.7 Å². The molecule has 1 unspecified atom stereocenters. The number of carbonyl (C=O) groups excluding carboxylic acids is 3. The lowest BCUT2D eigenvalue weighted by Crippen LogP contribution is -2.58. The lowest BCUT2D eigenvalue weighted by Gasteiger charge is -2.39. The third kappa shape index (κ3) is 8.59. The number of hydrogen-bond acceptors (Lipinski definition) is 6. The molecule has 1 aliphatic rings. The summed E-state index contributed by atoms with van der Waals surface area (Å²) >= 11 is 0. The Kier molecular flexibility index (Phi) is 10.8. The fraction of sp³-hybridized carbons (Fsp3) is 0.270. The van der Waals surface area contributed by atoms with E-state index in [0.29, 0.717) is 32.4 Å². The van der Waals surface area contributed by atoms with Gasteiger partial charge in [-0.1, -0.05) is 97.1 Å². The van der Waals surface area contributed by atoms with E-state index in [1.807, 2.05) is 78.9 Å². The van der Waals surface area contributed by atoms with Gasteiger partial charge in [0.05, 0.1) is 12.1 Å². The molecule has 0 fully saturated rings. The Morgan fingerprint density at radius 2 is 1.28 bits per heavy atom. The van der Waals surface area contributed by atoms with Crippen LogP contribution in [0.1, 0.15) is 27.8 Å². The summed E-state index contributed by atoms with van der Waals surface area (Å²) in [6.45, 7) is 0.734. The van der Waals surface area contributed by atoms with Gasteiger partial charge in [-0.3, -0.25) is 14.4 Å². The molecule has 9 nitrogen and oxygen atoms in total. The van der Waals surface area contributed by atoms with Crippen LogP contribution in [0.25, 0.3) is 0 Å². The maximum Gasteiger partial charge on any atom is 0.240 e. The van der Waals surface area contributed by atoms with Gasteiger partial charge in [0.1, 0.15) is 11.8 Å².